The lowest BCUT2D eigenvalue weighted by Gasteiger charge is -2.27. The molecule has 0 atom stereocenters. The van der Waals surface area contributed by atoms with Crippen molar-refractivity contribution >= 4 is 29.0 Å². The van der Waals surface area contributed by atoms with E-state index in [0.29, 0.717) is 23.1 Å². The second-order valence-corrected chi connectivity index (χ2v) is 5.80. The van der Waals surface area contributed by atoms with Crippen LogP contribution >= 0.6 is 23.2 Å². The summed E-state index contributed by atoms with van der Waals surface area (Å²) in [4.78, 5) is 12.5. The van der Waals surface area contributed by atoms with Crippen LogP contribution in [0.3, 0.4) is 0 Å². The Morgan fingerprint density at radius 2 is 1.95 bits per heavy atom. The Balaban J connectivity index is 2.12. The molecule has 2 rings (SSSR count). The molecule has 1 aromatic carbocycles. The minimum atomic E-state index is -0.569. The highest BCUT2D eigenvalue weighted by Crippen LogP contribution is 2.35. The first-order valence-electron chi connectivity index (χ1n) is 6.68. The Hall–Kier alpha value is -0.570. The SMILES string of the molecule is CCOC1(C(=O)Cc2ccc(Cl)c(Cl)c2)CCCC1. The van der Waals surface area contributed by atoms with Gasteiger partial charge in [0, 0.05) is 13.0 Å². The van der Waals surface area contributed by atoms with Crippen LogP contribution in [0, 0.1) is 0 Å². The molecule has 1 aliphatic rings. The van der Waals surface area contributed by atoms with Crippen molar-refractivity contribution in [2.24, 2.45) is 0 Å². The lowest BCUT2D eigenvalue weighted by Crippen LogP contribution is -2.40. The molecule has 0 saturated heterocycles. The highest BCUT2D eigenvalue weighted by molar-refractivity contribution is 6.42. The Morgan fingerprint density at radius 1 is 1.26 bits per heavy atom. The first-order valence-corrected chi connectivity index (χ1v) is 7.44. The maximum Gasteiger partial charge on any atom is 0.168 e. The summed E-state index contributed by atoms with van der Waals surface area (Å²) in [5, 5.41) is 1.00. The maximum atomic E-state index is 12.5. The van der Waals surface area contributed by atoms with Gasteiger partial charge in [-0.15, -0.1) is 0 Å². The number of carbonyl (C=O) groups is 1. The second kappa shape index (κ2) is 6.25. The van der Waals surface area contributed by atoms with Crippen molar-refractivity contribution in [2.45, 2.75) is 44.6 Å². The van der Waals surface area contributed by atoms with Crippen molar-refractivity contribution in [3.63, 3.8) is 0 Å². The maximum absolute atomic E-state index is 12.5. The zero-order chi connectivity index (χ0) is 13.9. The molecule has 0 amide bonds. The van der Waals surface area contributed by atoms with Gasteiger partial charge in [0.15, 0.2) is 5.78 Å². The predicted molar refractivity (Wildman–Crippen MR) is 78.0 cm³/mol. The molecule has 2 nitrogen and oxygen atoms in total. The predicted octanol–water partition coefficient (Wildman–Crippen LogP) is 4.45. The van der Waals surface area contributed by atoms with Crippen LogP contribution in [0.4, 0.5) is 0 Å². The van der Waals surface area contributed by atoms with Crippen LogP contribution in [-0.4, -0.2) is 18.0 Å². The molecular weight excluding hydrogens is 283 g/mol. The molecule has 1 aromatic rings. The standard InChI is InChI=1S/C15H18Cl2O2/c1-2-19-15(7-3-4-8-15)14(18)10-11-5-6-12(16)13(17)9-11/h5-6,9H,2-4,7-8,10H2,1H3. The zero-order valence-electron chi connectivity index (χ0n) is 11.0. The third-order valence-corrected chi connectivity index (χ3v) is 4.43. The summed E-state index contributed by atoms with van der Waals surface area (Å²) < 4.78 is 5.77. The summed E-state index contributed by atoms with van der Waals surface area (Å²) in [6, 6.07) is 5.34. The quantitative estimate of drug-likeness (QED) is 0.803. The number of halogens is 2. The smallest absolute Gasteiger partial charge is 0.168 e. The highest BCUT2D eigenvalue weighted by Gasteiger charge is 2.41. The van der Waals surface area contributed by atoms with Crippen molar-refractivity contribution in [1.82, 2.24) is 0 Å². The van der Waals surface area contributed by atoms with E-state index in [2.05, 4.69) is 0 Å². The number of carbonyl (C=O) groups excluding carboxylic acids is 1. The molecule has 104 valence electrons. The molecule has 0 heterocycles. The molecule has 1 aliphatic carbocycles. The molecule has 0 aromatic heterocycles. The van der Waals surface area contributed by atoms with Crippen molar-refractivity contribution < 1.29 is 9.53 Å². The van der Waals surface area contributed by atoms with Gasteiger partial charge in [0.25, 0.3) is 0 Å². The number of hydrogen-bond acceptors (Lipinski definition) is 2. The molecule has 0 unspecified atom stereocenters. The average Bonchev–Trinajstić information content (AvgIpc) is 2.84. The summed E-state index contributed by atoms with van der Waals surface area (Å²) in [5.74, 6) is 0.158. The monoisotopic (exact) mass is 300 g/mol. The van der Waals surface area contributed by atoms with Gasteiger partial charge in [-0.05, 0) is 50.3 Å². The fourth-order valence-corrected chi connectivity index (χ4v) is 3.04. The normalized spacial score (nSPS) is 17.6. The van der Waals surface area contributed by atoms with E-state index in [-0.39, 0.29) is 5.78 Å². The van der Waals surface area contributed by atoms with E-state index in [1.54, 1.807) is 12.1 Å². The van der Waals surface area contributed by atoms with Gasteiger partial charge >= 0.3 is 0 Å². The van der Waals surface area contributed by atoms with Crippen LogP contribution in [0.5, 0.6) is 0 Å². The highest BCUT2D eigenvalue weighted by atomic mass is 35.5. The fraction of sp³-hybridized carbons (Fsp3) is 0.533. The summed E-state index contributed by atoms with van der Waals surface area (Å²) >= 11 is 11.9. The van der Waals surface area contributed by atoms with E-state index in [4.69, 9.17) is 27.9 Å². The molecule has 19 heavy (non-hydrogen) atoms. The Bertz CT molecular complexity index is 465. The molecule has 0 N–H and O–H groups in total. The molecule has 0 bridgehead atoms. The topological polar surface area (TPSA) is 26.3 Å². The van der Waals surface area contributed by atoms with Crippen molar-refractivity contribution in [3.8, 4) is 0 Å². The van der Waals surface area contributed by atoms with Crippen LogP contribution in [0.1, 0.15) is 38.2 Å². The number of hydrogen-bond donors (Lipinski definition) is 0. The van der Waals surface area contributed by atoms with Crippen molar-refractivity contribution in [3.05, 3.63) is 33.8 Å². The van der Waals surface area contributed by atoms with Crippen LogP contribution in [0.25, 0.3) is 0 Å². The third kappa shape index (κ3) is 3.31. The van der Waals surface area contributed by atoms with Gasteiger partial charge in [-0.2, -0.15) is 0 Å². The third-order valence-electron chi connectivity index (χ3n) is 3.69. The Morgan fingerprint density at radius 3 is 2.53 bits per heavy atom. The van der Waals surface area contributed by atoms with Crippen LogP contribution < -0.4 is 0 Å². The number of benzene rings is 1. The van der Waals surface area contributed by atoms with Gasteiger partial charge < -0.3 is 4.74 Å². The minimum Gasteiger partial charge on any atom is -0.367 e. The number of rotatable bonds is 5. The number of ether oxygens (including phenoxy) is 1. The Kier molecular flexibility index (Phi) is 4.88. The van der Waals surface area contributed by atoms with Gasteiger partial charge in [0.05, 0.1) is 10.0 Å². The number of ketones is 1. The fourth-order valence-electron chi connectivity index (χ4n) is 2.72. The molecule has 1 saturated carbocycles. The van der Waals surface area contributed by atoms with Gasteiger partial charge in [-0.3, -0.25) is 4.79 Å². The average molecular weight is 301 g/mol. The van der Waals surface area contributed by atoms with Crippen LogP contribution in [0.2, 0.25) is 10.0 Å². The van der Waals surface area contributed by atoms with E-state index in [0.717, 1.165) is 31.2 Å². The van der Waals surface area contributed by atoms with Gasteiger partial charge in [0.2, 0.25) is 0 Å². The summed E-state index contributed by atoms with van der Waals surface area (Å²) in [6.07, 6.45) is 4.15. The largest absolute Gasteiger partial charge is 0.367 e. The van der Waals surface area contributed by atoms with Crippen molar-refractivity contribution in [1.29, 1.82) is 0 Å². The lowest BCUT2D eigenvalue weighted by atomic mass is 9.91. The van der Waals surface area contributed by atoms with Crippen LogP contribution in [-0.2, 0) is 16.0 Å². The van der Waals surface area contributed by atoms with E-state index >= 15 is 0 Å². The number of Topliss-reactive ketones (excluding diaryl/α,β-unsaturated/α-hetero) is 1. The van der Waals surface area contributed by atoms with E-state index < -0.39 is 5.60 Å². The molecule has 4 heteroatoms. The van der Waals surface area contributed by atoms with E-state index in [1.165, 1.54) is 0 Å². The summed E-state index contributed by atoms with van der Waals surface area (Å²) in [7, 11) is 0. The first-order chi connectivity index (χ1) is 9.07. The lowest BCUT2D eigenvalue weighted by molar-refractivity contribution is -0.142. The summed E-state index contributed by atoms with van der Waals surface area (Å²) in [6.45, 7) is 2.51. The van der Waals surface area contributed by atoms with Crippen molar-refractivity contribution in [2.75, 3.05) is 6.61 Å². The first kappa shape index (κ1) is 14.8. The van der Waals surface area contributed by atoms with Gasteiger partial charge in [0.1, 0.15) is 5.60 Å². The van der Waals surface area contributed by atoms with Gasteiger partial charge in [-0.25, -0.2) is 0 Å². The van der Waals surface area contributed by atoms with E-state index in [1.807, 2.05) is 13.0 Å². The molecular formula is C15H18Cl2O2. The molecule has 0 spiro atoms. The van der Waals surface area contributed by atoms with E-state index in [9.17, 15) is 4.79 Å². The Labute approximate surface area is 124 Å². The van der Waals surface area contributed by atoms with Crippen LogP contribution in [0.15, 0.2) is 18.2 Å². The second-order valence-electron chi connectivity index (χ2n) is 4.98. The molecule has 0 radical (unpaired) electrons. The summed E-state index contributed by atoms with van der Waals surface area (Å²) in [5.41, 5.74) is 0.325. The zero-order valence-corrected chi connectivity index (χ0v) is 12.6. The van der Waals surface area contributed by atoms with Gasteiger partial charge in [-0.1, -0.05) is 29.3 Å². The molecule has 1 fully saturated rings. The molecule has 0 aliphatic heterocycles. The minimum absolute atomic E-state index is 0.158.